The van der Waals surface area contributed by atoms with Gasteiger partial charge in [0, 0.05) is 12.0 Å². The van der Waals surface area contributed by atoms with Crippen molar-refractivity contribution in [3.05, 3.63) is 0 Å². The van der Waals surface area contributed by atoms with Gasteiger partial charge in [-0.05, 0) is 13.8 Å². The van der Waals surface area contributed by atoms with Gasteiger partial charge in [0.15, 0.2) is 0 Å². The first-order valence-corrected chi connectivity index (χ1v) is 3.92. The molecular weight excluding hydrogens is 142 g/mol. The number of hydrogen-bond acceptors (Lipinski definition) is 2. The summed E-state index contributed by atoms with van der Waals surface area (Å²) in [6.07, 6.45) is 0. The van der Waals surface area contributed by atoms with Crippen molar-refractivity contribution in [1.82, 2.24) is 4.90 Å². The van der Waals surface area contributed by atoms with E-state index in [1.54, 1.807) is 0 Å². The van der Waals surface area contributed by atoms with Gasteiger partial charge >= 0.3 is 0 Å². The lowest BCUT2D eigenvalue weighted by molar-refractivity contribution is -0.140. The average Bonchev–Trinajstić information content (AvgIpc) is 1.88. The highest BCUT2D eigenvalue weighted by Gasteiger charge is 2.17. The van der Waals surface area contributed by atoms with Crippen molar-refractivity contribution in [1.29, 1.82) is 0 Å². The zero-order valence-electron chi connectivity index (χ0n) is 7.66. The van der Waals surface area contributed by atoms with E-state index in [9.17, 15) is 4.79 Å². The summed E-state index contributed by atoms with van der Waals surface area (Å²) in [7, 11) is 0. The number of hydrogen-bond donors (Lipinski definition) is 1. The van der Waals surface area contributed by atoms with Crippen LogP contribution >= 0.6 is 0 Å². The molecule has 0 unspecified atom stereocenters. The fraction of sp³-hybridized carbons (Fsp3) is 0.875. The first-order chi connectivity index (χ1) is 5.00. The van der Waals surface area contributed by atoms with Crippen LogP contribution in [0.25, 0.3) is 0 Å². The Morgan fingerprint density at radius 1 is 1.36 bits per heavy atom. The number of nitrogens with zero attached hydrogens (tertiary/aromatic N) is 1. The Kier molecular flexibility index (Phi) is 4.11. The van der Waals surface area contributed by atoms with Crippen LogP contribution in [0.2, 0.25) is 0 Å². The van der Waals surface area contributed by atoms with Crippen LogP contribution in [-0.4, -0.2) is 28.7 Å². The van der Waals surface area contributed by atoms with Crippen LogP contribution in [0.15, 0.2) is 0 Å². The van der Waals surface area contributed by atoms with Gasteiger partial charge in [-0.15, -0.1) is 0 Å². The topological polar surface area (TPSA) is 40.5 Å². The molecule has 0 aliphatic heterocycles. The Morgan fingerprint density at radius 3 is 1.91 bits per heavy atom. The van der Waals surface area contributed by atoms with Crippen molar-refractivity contribution >= 4 is 5.91 Å². The van der Waals surface area contributed by atoms with Crippen LogP contribution < -0.4 is 0 Å². The molecule has 66 valence electrons. The molecule has 1 amide bonds. The standard InChI is InChI=1S/C8H17NO2/c1-6(2)8(11)9(5-10)7(3)4/h6-7,10H,5H2,1-4H3. The zero-order chi connectivity index (χ0) is 9.02. The van der Waals surface area contributed by atoms with E-state index in [2.05, 4.69) is 0 Å². The Balaban J connectivity index is 4.15. The average molecular weight is 159 g/mol. The van der Waals surface area contributed by atoms with Crippen LogP contribution in [-0.2, 0) is 4.79 Å². The first kappa shape index (κ1) is 10.4. The molecule has 0 atom stereocenters. The predicted molar refractivity (Wildman–Crippen MR) is 43.9 cm³/mol. The second kappa shape index (κ2) is 4.34. The molecule has 0 bridgehead atoms. The molecular formula is C8H17NO2. The maximum Gasteiger partial charge on any atom is 0.227 e. The number of carbonyl (C=O) groups excluding carboxylic acids is 1. The molecule has 0 spiro atoms. The summed E-state index contributed by atoms with van der Waals surface area (Å²) in [5, 5.41) is 8.82. The Bertz CT molecular complexity index is 132. The number of aliphatic hydroxyl groups is 1. The van der Waals surface area contributed by atoms with Crippen LogP contribution in [0.1, 0.15) is 27.7 Å². The molecule has 0 saturated carbocycles. The van der Waals surface area contributed by atoms with Crippen molar-refractivity contribution in [3.63, 3.8) is 0 Å². The molecule has 0 heterocycles. The van der Waals surface area contributed by atoms with Crippen LogP contribution in [0.5, 0.6) is 0 Å². The van der Waals surface area contributed by atoms with Gasteiger partial charge in [0.1, 0.15) is 6.73 Å². The highest BCUT2D eigenvalue weighted by Crippen LogP contribution is 2.04. The van der Waals surface area contributed by atoms with Crippen LogP contribution in [0.4, 0.5) is 0 Å². The number of rotatable bonds is 3. The Hall–Kier alpha value is -0.570. The molecule has 0 aromatic carbocycles. The molecule has 3 nitrogen and oxygen atoms in total. The number of amides is 1. The van der Waals surface area contributed by atoms with Gasteiger partial charge in [0.25, 0.3) is 0 Å². The van der Waals surface area contributed by atoms with Crippen molar-refractivity contribution in [2.75, 3.05) is 6.73 Å². The second-order valence-electron chi connectivity index (χ2n) is 3.20. The largest absolute Gasteiger partial charge is 0.376 e. The van der Waals surface area contributed by atoms with Crippen LogP contribution in [0, 0.1) is 5.92 Å². The number of carbonyl (C=O) groups is 1. The fourth-order valence-corrected chi connectivity index (χ4v) is 0.819. The third kappa shape index (κ3) is 2.89. The third-order valence-electron chi connectivity index (χ3n) is 1.55. The van der Waals surface area contributed by atoms with E-state index in [0.29, 0.717) is 0 Å². The molecule has 11 heavy (non-hydrogen) atoms. The summed E-state index contributed by atoms with van der Waals surface area (Å²) in [5.74, 6) is -0.0351. The van der Waals surface area contributed by atoms with Gasteiger partial charge in [0.05, 0.1) is 0 Å². The van der Waals surface area contributed by atoms with E-state index >= 15 is 0 Å². The number of aliphatic hydroxyl groups excluding tert-OH is 1. The SMILES string of the molecule is CC(C)C(=O)N(CO)C(C)C. The maximum atomic E-state index is 11.3. The molecule has 0 aliphatic rings. The zero-order valence-corrected chi connectivity index (χ0v) is 7.66. The normalized spacial score (nSPS) is 10.8. The van der Waals surface area contributed by atoms with Gasteiger partial charge in [-0.3, -0.25) is 4.79 Å². The Labute approximate surface area is 68.0 Å². The van der Waals surface area contributed by atoms with Crippen molar-refractivity contribution in [2.45, 2.75) is 33.7 Å². The van der Waals surface area contributed by atoms with Gasteiger partial charge in [0.2, 0.25) is 5.91 Å². The summed E-state index contributed by atoms with van der Waals surface area (Å²) < 4.78 is 0. The lowest BCUT2D eigenvalue weighted by atomic mass is 10.2. The van der Waals surface area contributed by atoms with Crippen molar-refractivity contribution < 1.29 is 9.90 Å². The highest BCUT2D eigenvalue weighted by atomic mass is 16.3. The van der Waals surface area contributed by atoms with E-state index in [1.807, 2.05) is 27.7 Å². The second-order valence-corrected chi connectivity index (χ2v) is 3.20. The van der Waals surface area contributed by atoms with E-state index < -0.39 is 0 Å². The van der Waals surface area contributed by atoms with E-state index in [1.165, 1.54) is 4.90 Å². The molecule has 3 heteroatoms. The summed E-state index contributed by atoms with van der Waals surface area (Å²) in [5.41, 5.74) is 0. The molecule has 0 aromatic rings. The maximum absolute atomic E-state index is 11.3. The minimum absolute atomic E-state index is 0.00231. The first-order valence-electron chi connectivity index (χ1n) is 3.92. The quantitative estimate of drug-likeness (QED) is 0.620. The lowest BCUT2D eigenvalue weighted by Gasteiger charge is -2.25. The smallest absolute Gasteiger partial charge is 0.227 e. The van der Waals surface area contributed by atoms with Crippen LogP contribution in [0.3, 0.4) is 0 Å². The third-order valence-corrected chi connectivity index (χ3v) is 1.55. The van der Waals surface area contributed by atoms with E-state index in [4.69, 9.17) is 5.11 Å². The minimum Gasteiger partial charge on any atom is -0.376 e. The lowest BCUT2D eigenvalue weighted by Crippen LogP contribution is -2.40. The summed E-state index contributed by atoms with van der Waals surface area (Å²) >= 11 is 0. The molecule has 0 radical (unpaired) electrons. The highest BCUT2D eigenvalue weighted by molar-refractivity contribution is 5.78. The van der Waals surface area contributed by atoms with E-state index in [0.717, 1.165) is 0 Å². The molecule has 0 aromatic heterocycles. The Morgan fingerprint density at radius 2 is 1.82 bits per heavy atom. The monoisotopic (exact) mass is 159 g/mol. The molecule has 0 fully saturated rings. The molecule has 0 aliphatic carbocycles. The van der Waals surface area contributed by atoms with Gasteiger partial charge in [-0.2, -0.15) is 0 Å². The van der Waals surface area contributed by atoms with E-state index in [-0.39, 0.29) is 24.6 Å². The van der Waals surface area contributed by atoms with Crippen molar-refractivity contribution in [3.8, 4) is 0 Å². The minimum atomic E-state index is -0.186. The fourth-order valence-electron chi connectivity index (χ4n) is 0.819. The summed E-state index contributed by atoms with van der Waals surface area (Å²) in [6.45, 7) is 7.24. The van der Waals surface area contributed by atoms with Gasteiger partial charge in [-0.1, -0.05) is 13.8 Å². The van der Waals surface area contributed by atoms with Gasteiger partial charge in [-0.25, -0.2) is 0 Å². The summed E-state index contributed by atoms with van der Waals surface area (Å²) in [4.78, 5) is 12.7. The van der Waals surface area contributed by atoms with Gasteiger partial charge < -0.3 is 10.0 Å². The molecule has 0 saturated heterocycles. The predicted octanol–water partition coefficient (Wildman–Crippen LogP) is 0.829. The van der Waals surface area contributed by atoms with Crippen molar-refractivity contribution in [2.24, 2.45) is 5.92 Å². The molecule has 0 rings (SSSR count). The molecule has 1 N–H and O–H groups in total. The summed E-state index contributed by atoms with van der Waals surface area (Å²) in [6, 6.07) is 0.0786.